The van der Waals surface area contributed by atoms with Gasteiger partial charge >= 0.3 is 0 Å². The molecule has 0 spiro atoms. The number of nitrogens with one attached hydrogen (secondary N) is 3. The molecule has 2 aromatic heterocycles. The highest BCUT2D eigenvalue weighted by Crippen LogP contribution is 2.21. The first-order valence-electron chi connectivity index (χ1n) is 5.09. The van der Waals surface area contributed by atoms with Crippen LogP contribution < -0.4 is 15.6 Å². The minimum absolute atomic E-state index is 0.0306. The van der Waals surface area contributed by atoms with Crippen molar-refractivity contribution in [1.29, 1.82) is 0 Å². The molecule has 0 saturated heterocycles. The van der Waals surface area contributed by atoms with E-state index in [1.54, 1.807) is 12.4 Å². The number of nitrogens with zero attached hydrogens (tertiary/aromatic N) is 2. The number of anilines is 1. The Morgan fingerprint density at radius 1 is 1.53 bits per heavy atom. The van der Waals surface area contributed by atoms with Gasteiger partial charge in [-0.1, -0.05) is 0 Å². The van der Waals surface area contributed by atoms with Gasteiger partial charge in [-0.25, -0.2) is 4.98 Å². The lowest BCUT2D eigenvalue weighted by Gasteiger charge is -2.14. The Morgan fingerprint density at radius 2 is 2.35 bits per heavy atom. The van der Waals surface area contributed by atoms with Crippen molar-refractivity contribution in [3.05, 3.63) is 34.6 Å². The van der Waals surface area contributed by atoms with Crippen molar-refractivity contribution in [2.75, 3.05) is 12.4 Å². The van der Waals surface area contributed by atoms with E-state index in [0.717, 1.165) is 5.56 Å². The lowest BCUT2D eigenvalue weighted by Crippen LogP contribution is -2.15. The highest BCUT2D eigenvalue weighted by Gasteiger charge is 2.13. The number of aromatic amines is 2. The molecule has 0 aromatic carbocycles. The molecule has 0 aliphatic rings. The van der Waals surface area contributed by atoms with Crippen LogP contribution in [0.2, 0.25) is 0 Å². The van der Waals surface area contributed by atoms with Gasteiger partial charge in [0, 0.05) is 11.8 Å². The molecule has 7 heteroatoms. The van der Waals surface area contributed by atoms with Gasteiger partial charge < -0.3 is 15.0 Å². The van der Waals surface area contributed by atoms with Crippen LogP contribution in [-0.4, -0.2) is 27.3 Å². The van der Waals surface area contributed by atoms with Gasteiger partial charge in [-0.15, -0.1) is 0 Å². The van der Waals surface area contributed by atoms with Crippen LogP contribution in [-0.2, 0) is 0 Å². The number of hydrogen-bond donors (Lipinski definition) is 3. The van der Waals surface area contributed by atoms with Gasteiger partial charge in [0.15, 0.2) is 5.82 Å². The van der Waals surface area contributed by atoms with Gasteiger partial charge in [0.05, 0.1) is 25.7 Å². The van der Waals surface area contributed by atoms with E-state index in [1.807, 2.05) is 6.92 Å². The number of rotatable bonds is 4. The predicted octanol–water partition coefficient (Wildman–Crippen LogP) is 0.675. The van der Waals surface area contributed by atoms with Crippen LogP contribution in [0.3, 0.4) is 0 Å². The number of aromatic nitrogens is 4. The van der Waals surface area contributed by atoms with Gasteiger partial charge in [-0.05, 0) is 6.92 Å². The SMILES string of the molecule is COc1c(NC(C)c2cn[nH]c2)nc[nH]c1=O. The molecule has 0 amide bonds. The van der Waals surface area contributed by atoms with Crippen molar-refractivity contribution < 1.29 is 4.74 Å². The molecule has 2 rings (SSSR count). The lowest BCUT2D eigenvalue weighted by atomic mass is 10.2. The highest BCUT2D eigenvalue weighted by molar-refractivity contribution is 5.49. The fourth-order valence-corrected chi connectivity index (χ4v) is 1.47. The van der Waals surface area contributed by atoms with Crippen molar-refractivity contribution in [3.63, 3.8) is 0 Å². The van der Waals surface area contributed by atoms with Crippen LogP contribution >= 0.6 is 0 Å². The fourth-order valence-electron chi connectivity index (χ4n) is 1.47. The van der Waals surface area contributed by atoms with E-state index >= 15 is 0 Å². The molecular weight excluding hydrogens is 222 g/mol. The molecule has 90 valence electrons. The molecule has 0 radical (unpaired) electrons. The van der Waals surface area contributed by atoms with E-state index in [-0.39, 0.29) is 17.4 Å². The lowest BCUT2D eigenvalue weighted by molar-refractivity contribution is 0.407. The number of ether oxygens (including phenoxy) is 1. The minimum Gasteiger partial charge on any atom is -0.489 e. The Kier molecular flexibility index (Phi) is 3.08. The Labute approximate surface area is 97.2 Å². The minimum atomic E-state index is -0.315. The summed E-state index contributed by atoms with van der Waals surface area (Å²) in [6.45, 7) is 1.94. The number of H-pyrrole nitrogens is 2. The molecular formula is C10H13N5O2. The summed E-state index contributed by atoms with van der Waals surface area (Å²) < 4.78 is 5.00. The second-order valence-corrected chi connectivity index (χ2v) is 3.51. The maximum atomic E-state index is 11.5. The molecule has 0 bridgehead atoms. The van der Waals surface area contributed by atoms with Gasteiger partial charge in [0.2, 0.25) is 5.75 Å². The molecule has 0 aliphatic carbocycles. The average Bonchev–Trinajstić information content (AvgIpc) is 2.82. The smallest absolute Gasteiger partial charge is 0.295 e. The third-order valence-corrected chi connectivity index (χ3v) is 2.39. The monoisotopic (exact) mass is 235 g/mol. The Hall–Kier alpha value is -2.31. The van der Waals surface area contributed by atoms with E-state index in [1.165, 1.54) is 13.4 Å². The molecule has 1 atom stereocenters. The topological polar surface area (TPSA) is 95.7 Å². The van der Waals surface area contributed by atoms with Crippen molar-refractivity contribution in [1.82, 2.24) is 20.2 Å². The summed E-state index contributed by atoms with van der Waals surface area (Å²) >= 11 is 0. The summed E-state index contributed by atoms with van der Waals surface area (Å²) in [4.78, 5) is 17.9. The van der Waals surface area contributed by atoms with Crippen LogP contribution in [0.15, 0.2) is 23.5 Å². The molecule has 1 unspecified atom stereocenters. The summed E-state index contributed by atoms with van der Waals surface area (Å²) in [6.07, 6.45) is 4.81. The van der Waals surface area contributed by atoms with Crippen LogP contribution in [0.25, 0.3) is 0 Å². The van der Waals surface area contributed by atoms with E-state index in [0.29, 0.717) is 5.82 Å². The van der Waals surface area contributed by atoms with Crippen LogP contribution in [0, 0.1) is 0 Å². The molecule has 0 aliphatic heterocycles. The second-order valence-electron chi connectivity index (χ2n) is 3.51. The van der Waals surface area contributed by atoms with Crippen molar-refractivity contribution in [3.8, 4) is 5.75 Å². The highest BCUT2D eigenvalue weighted by atomic mass is 16.5. The van der Waals surface area contributed by atoms with Crippen LogP contribution in [0.4, 0.5) is 5.82 Å². The molecule has 2 heterocycles. The van der Waals surface area contributed by atoms with Gasteiger partial charge in [0.1, 0.15) is 0 Å². The Bertz CT molecular complexity index is 534. The van der Waals surface area contributed by atoms with Gasteiger partial charge in [-0.2, -0.15) is 5.10 Å². The predicted molar refractivity (Wildman–Crippen MR) is 62.0 cm³/mol. The first-order chi connectivity index (χ1) is 8.22. The summed E-state index contributed by atoms with van der Waals surface area (Å²) in [5, 5.41) is 9.68. The maximum absolute atomic E-state index is 11.5. The van der Waals surface area contributed by atoms with E-state index in [4.69, 9.17) is 4.74 Å². The Balaban J connectivity index is 2.24. The number of methoxy groups -OCH3 is 1. The largest absolute Gasteiger partial charge is 0.489 e. The zero-order valence-corrected chi connectivity index (χ0v) is 9.52. The summed E-state index contributed by atoms with van der Waals surface area (Å²) in [6, 6.07) is -0.0306. The summed E-state index contributed by atoms with van der Waals surface area (Å²) in [5.41, 5.74) is 0.651. The molecule has 3 N–H and O–H groups in total. The molecule has 0 saturated carbocycles. The zero-order valence-electron chi connectivity index (χ0n) is 9.52. The van der Waals surface area contributed by atoms with Crippen molar-refractivity contribution >= 4 is 5.82 Å². The molecule has 2 aromatic rings. The standard InChI is InChI=1S/C10H13N5O2/c1-6(7-3-13-14-4-7)15-9-8(17-2)10(16)12-5-11-9/h3-6H,1-2H3,(H,13,14)(H2,11,12,15,16). The van der Waals surface area contributed by atoms with Gasteiger partial charge in [0.25, 0.3) is 5.56 Å². The fraction of sp³-hybridized carbons (Fsp3) is 0.300. The first kappa shape index (κ1) is 11.2. The second kappa shape index (κ2) is 4.69. The van der Waals surface area contributed by atoms with Crippen molar-refractivity contribution in [2.45, 2.75) is 13.0 Å². The van der Waals surface area contributed by atoms with E-state index in [9.17, 15) is 4.79 Å². The van der Waals surface area contributed by atoms with Crippen LogP contribution in [0.5, 0.6) is 5.75 Å². The quantitative estimate of drug-likeness (QED) is 0.724. The molecule has 17 heavy (non-hydrogen) atoms. The van der Waals surface area contributed by atoms with E-state index < -0.39 is 0 Å². The number of hydrogen-bond acceptors (Lipinski definition) is 5. The van der Waals surface area contributed by atoms with Crippen LogP contribution in [0.1, 0.15) is 18.5 Å². The zero-order chi connectivity index (χ0) is 12.3. The normalized spacial score (nSPS) is 12.1. The van der Waals surface area contributed by atoms with E-state index in [2.05, 4.69) is 25.5 Å². The summed E-state index contributed by atoms with van der Waals surface area (Å²) in [7, 11) is 1.43. The van der Waals surface area contributed by atoms with Crippen molar-refractivity contribution in [2.24, 2.45) is 0 Å². The summed E-state index contributed by atoms with van der Waals surface area (Å²) in [5.74, 6) is 0.577. The molecule has 0 fully saturated rings. The Morgan fingerprint density at radius 3 is 3.00 bits per heavy atom. The maximum Gasteiger partial charge on any atom is 0.295 e. The van der Waals surface area contributed by atoms with Gasteiger partial charge in [-0.3, -0.25) is 9.89 Å². The molecule has 7 nitrogen and oxygen atoms in total. The average molecular weight is 235 g/mol. The third-order valence-electron chi connectivity index (χ3n) is 2.39. The third kappa shape index (κ3) is 2.27. The first-order valence-corrected chi connectivity index (χ1v) is 5.09.